The summed E-state index contributed by atoms with van der Waals surface area (Å²) >= 11 is 0. The second-order valence-corrected chi connectivity index (χ2v) is 32.6. The van der Waals surface area contributed by atoms with Gasteiger partial charge >= 0.3 is 6.43 Å². The van der Waals surface area contributed by atoms with Crippen LogP contribution < -0.4 is 4.72 Å². The van der Waals surface area contributed by atoms with Crippen molar-refractivity contribution >= 4 is 92.5 Å². The number of nitrogens with one attached hydrogen (secondary N) is 6. The standard InChI is InChI=1S/C18H17FN4O.C18H21FN2O2.C15H15F3N2O.C15H21N3O2S.C14H17FN2O2S/c19-13-1-2-14-15(10-22-16(14)9-13)12-3-7-23(8-4-12)18(24)17-11-20-5-6-21-17;19-14-1-2-15-16(10-20-17(15)9-14)12-3-6-21(7-4-12)18(22)13-5-8-23-11-13;16-10-1-2-11-12(8-19-13(11)7-10)9-3-5-20(6-4-9)15(21)14(17)18;1-2-17-21(19,20)18-9-7-12(8-10-18)14-11-16-15-6-4-3-5-13(14)15;1-20(18,19)17-6-4-10(5-7-17)13-9-16-14-8-11(15)2-3-12(13)14/h1-2,5-6,9-12,22H,3-4,7-8H2;1-2,9-10,12-13,20H,3-8,11H2;1-2,7-9,14,19H,3-6H2;3-6,11-12,16-17H,2,7-10H2,1H3;2-3,8-10,16H,4-7H2,1H3. The summed E-state index contributed by atoms with van der Waals surface area (Å²) in [4.78, 5) is 64.9. The molecule has 6 aliphatic rings. The largest absolute Gasteiger partial charge is 0.381 e. The summed E-state index contributed by atoms with van der Waals surface area (Å²) in [7, 11) is -6.38. The normalized spacial score (nSPS) is 18.5. The number of aromatic nitrogens is 7. The fraction of sp³-hybridized carbons (Fsp3) is 0.412. The Kier molecular flexibility index (Phi) is 24.7. The fourth-order valence-electron chi connectivity index (χ4n) is 16.4. The Morgan fingerprint density at radius 2 is 0.862 bits per heavy atom. The maximum atomic E-state index is 13.3. The predicted molar refractivity (Wildman–Crippen MR) is 408 cm³/mol. The van der Waals surface area contributed by atoms with Gasteiger partial charge in [-0.25, -0.2) is 40.0 Å². The first kappa shape index (κ1) is 77.8. The van der Waals surface area contributed by atoms with Gasteiger partial charge in [0.1, 0.15) is 29.0 Å². The molecule has 578 valence electrons. The average Bonchev–Trinajstić information content (AvgIpc) is 1.64. The van der Waals surface area contributed by atoms with E-state index in [1.807, 2.05) is 58.9 Å². The zero-order chi connectivity index (χ0) is 76.5. The van der Waals surface area contributed by atoms with E-state index >= 15 is 0 Å². The molecule has 3 amide bonds. The number of hydrogen-bond acceptors (Lipinski definition) is 10. The molecule has 12 heterocycles. The predicted octanol–water partition coefficient (Wildman–Crippen LogP) is 14.1. The minimum atomic E-state index is -3.29. The molecule has 6 aromatic heterocycles. The van der Waals surface area contributed by atoms with Gasteiger partial charge in [-0.2, -0.15) is 21.5 Å². The molecule has 29 heteroatoms. The number of fused-ring (bicyclic) bond motifs is 5. The Hall–Kier alpha value is -9.39. The van der Waals surface area contributed by atoms with E-state index in [1.54, 1.807) is 29.6 Å². The van der Waals surface area contributed by atoms with E-state index in [4.69, 9.17) is 4.74 Å². The summed E-state index contributed by atoms with van der Waals surface area (Å²) in [5.41, 5.74) is 10.7. The van der Waals surface area contributed by atoms with Crippen LogP contribution in [-0.4, -0.2) is 191 Å². The summed E-state index contributed by atoms with van der Waals surface area (Å²) in [6.45, 7) is 9.44. The number of para-hydroxylation sites is 1. The maximum absolute atomic E-state index is 13.3. The number of nitrogens with zero attached hydrogens (tertiary/aromatic N) is 7. The van der Waals surface area contributed by atoms with E-state index in [0.717, 1.165) is 131 Å². The molecule has 1 atom stereocenters. The molecule has 0 bridgehead atoms. The van der Waals surface area contributed by atoms with Crippen LogP contribution in [0.5, 0.6) is 0 Å². The lowest BCUT2D eigenvalue weighted by Gasteiger charge is -2.33. The van der Waals surface area contributed by atoms with E-state index in [0.29, 0.717) is 114 Å². The third-order valence-corrected chi connectivity index (χ3v) is 25.2. The van der Waals surface area contributed by atoms with Crippen LogP contribution in [0.3, 0.4) is 0 Å². The number of sulfonamides is 1. The molecule has 1 unspecified atom stereocenters. The van der Waals surface area contributed by atoms with Gasteiger partial charge in [0.25, 0.3) is 22.0 Å². The molecule has 0 aliphatic carbocycles. The number of likely N-dealkylation sites (tertiary alicyclic amines) is 3. The first-order chi connectivity index (χ1) is 52.6. The van der Waals surface area contributed by atoms with Crippen molar-refractivity contribution in [2.75, 3.05) is 91.5 Å². The molecule has 6 aliphatic heterocycles. The minimum Gasteiger partial charge on any atom is -0.381 e. The molecule has 0 radical (unpaired) electrons. The van der Waals surface area contributed by atoms with Gasteiger partial charge in [0.05, 0.1) is 25.0 Å². The quantitative estimate of drug-likeness (QED) is 0.0630. The molecule has 17 rings (SSSR count). The van der Waals surface area contributed by atoms with Crippen LogP contribution in [0.2, 0.25) is 0 Å². The highest BCUT2D eigenvalue weighted by Gasteiger charge is 2.35. The van der Waals surface area contributed by atoms with E-state index in [1.165, 1.54) is 98.5 Å². The number of piperidine rings is 5. The van der Waals surface area contributed by atoms with Crippen LogP contribution in [0.25, 0.3) is 54.5 Å². The van der Waals surface area contributed by atoms with Crippen molar-refractivity contribution in [1.82, 2.24) is 62.9 Å². The molecule has 11 aromatic rings. The van der Waals surface area contributed by atoms with Crippen LogP contribution >= 0.6 is 0 Å². The van der Waals surface area contributed by atoms with Crippen LogP contribution in [0.4, 0.5) is 26.3 Å². The number of benzene rings is 5. The lowest BCUT2D eigenvalue weighted by Crippen LogP contribution is -2.44. The number of halogens is 6. The number of alkyl halides is 2. The summed E-state index contributed by atoms with van der Waals surface area (Å²) in [6.07, 6.45) is 21.9. The van der Waals surface area contributed by atoms with Crippen molar-refractivity contribution in [1.29, 1.82) is 0 Å². The lowest BCUT2D eigenvalue weighted by atomic mass is 9.88. The van der Waals surface area contributed by atoms with Crippen LogP contribution in [0, 0.1) is 29.2 Å². The molecule has 21 nitrogen and oxygen atoms in total. The highest BCUT2D eigenvalue weighted by atomic mass is 32.2. The van der Waals surface area contributed by atoms with Crippen molar-refractivity contribution in [2.45, 2.75) is 114 Å². The smallest absolute Gasteiger partial charge is 0.315 e. The molecule has 5 aromatic carbocycles. The molecule has 6 saturated heterocycles. The topological polar surface area (TPSA) is 262 Å². The average molecular weight is 1540 g/mol. The third kappa shape index (κ3) is 18.4. The molecule has 109 heavy (non-hydrogen) atoms. The summed E-state index contributed by atoms with van der Waals surface area (Å²) in [6, 6.07) is 27.3. The van der Waals surface area contributed by atoms with Crippen LogP contribution in [0.15, 0.2) is 147 Å². The van der Waals surface area contributed by atoms with Gasteiger partial charge in [-0.3, -0.25) is 19.4 Å². The zero-order valence-corrected chi connectivity index (χ0v) is 62.5. The number of H-pyrrole nitrogens is 5. The molecule has 6 fully saturated rings. The number of hydrogen-bond donors (Lipinski definition) is 6. The van der Waals surface area contributed by atoms with Crippen LogP contribution in [-0.2, 0) is 34.6 Å². The van der Waals surface area contributed by atoms with E-state index < -0.39 is 32.6 Å². The summed E-state index contributed by atoms with van der Waals surface area (Å²) < 4.78 is 136. The van der Waals surface area contributed by atoms with Crippen molar-refractivity contribution in [3.05, 3.63) is 203 Å². The zero-order valence-electron chi connectivity index (χ0n) is 60.8. The Morgan fingerprint density at radius 3 is 1.24 bits per heavy atom. The van der Waals surface area contributed by atoms with Crippen molar-refractivity contribution in [2.24, 2.45) is 5.92 Å². The van der Waals surface area contributed by atoms with Gasteiger partial charge in [-0.05, 0) is 207 Å². The molecule has 0 saturated carbocycles. The second-order valence-electron chi connectivity index (χ2n) is 28.9. The van der Waals surface area contributed by atoms with E-state index in [-0.39, 0.29) is 46.9 Å². The Balaban J connectivity index is 0.000000120. The highest BCUT2D eigenvalue weighted by Crippen LogP contribution is 2.40. The van der Waals surface area contributed by atoms with Crippen molar-refractivity contribution < 1.29 is 62.3 Å². The number of aromatic amines is 5. The number of carbonyl (C=O) groups is 3. The number of carbonyl (C=O) groups excluding carboxylic acids is 3. The third-order valence-electron chi connectivity index (χ3n) is 22.2. The first-order valence-electron chi connectivity index (χ1n) is 37.4. The first-order valence-corrected chi connectivity index (χ1v) is 40.7. The number of ether oxygens (including phenoxy) is 1. The van der Waals surface area contributed by atoms with Gasteiger partial charge in [0, 0.05) is 176 Å². The highest BCUT2D eigenvalue weighted by molar-refractivity contribution is 7.88. The van der Waals surface area contributed by atoms with Crippen molar-refractivity contribution in [3.8, 4) is 0 Å². The number of amides is 3. The van der Waals surface area contributed by atoms with Gasteiger partial charge in [0.15, 0.2) is 0 Å². The minimum absolute atomic E-state index is 0.0580. The monoisotopic (exact) mass is 1540 g/mol. The van der Waals surface area contributed by atoms with Gasteiger partial charge < -0.3 is 44.4 Å². The van der Waals surface area contributed by atoms with E-state index in [2.05, 4.69) is 57.9 Å². The summed E-state index contributed by atoms with van der Waals surface area (Å²) in [5.74, 6) is -0.0985. The van der Waals surface area contributed by atoms with Crippen molar-refractivity contribution in [3.63, 3.8) is 0 Å². The summed E-state index contributed by atoms with van der Waals surface area (Å²) in [5, 5.41) is 5.40. The molecular weight excluding hydrogens is 1450 g/mol. The van der Waals surface area contributed by atoms with E-state index in [9.17, 15) is 57.6 Å². The maximum Gasteiger partial charge on any atom is 0.315 e. The molecule has 0 spiro atoms. The fourth-order valence-corrected chi connectivity index (χ4v) is 18.5. The van der Waals surface area contributed by atoms with Gasteiger partial charge in [-0.15, -0.1) is 0 Å². The van der Waals surface area contributed by atoms with Crippen LogP contribution in [0.1, 0.15) is 145 Å². The van der Waals surface area contributed by atoms with Gasteiger partial charge in [-0.1, -0.05) is 25.1 Å². The molecule has 6 N–H and O–H groups in total. The molecular formula is C80H91F6N13O8S2. The number of rotatable bonds is 12. The lowest BCUT2D eigenvalue weighted by molar-refractivity contribution is -0.143. The SMILES string of the molecule is CCNS(=O)(=O)N1CCC(c2c[nH]c3ccccc23)CC1.CS(=O)(=O)N1CCC(c2c[nH]c3cc(F)ccc23)CC1.O=C(C(F)F)N1CCC(c2c[nH]c3cc(F)ccc23)CC1.O=C(C1CCOC1)N1CCC(c2c[nH]c3cc(F)ccc23)CC1.O=C(c1cnccn1)N1CCC(c2c[nH]c3cc(F)ccc23)CC1. The Morgan fingerprint density at radius 1 is 0.486 bits per heavy atom. The second kappa shape index (κ2) is 34.7. The van der Waals surface area contributed by atoms with Gasteiger partial charge in [0.2, 0.25) is 15.9 Å². The Bertz CT molecular complexity index is 5180. The Labute approximate surface area is 628 Å².